The summed E-state index contributed by atoms with van der Waals surface area (Å²) >= 11 is 0. The van der Waals surface area contributed by atoms with E-state index in [-0.39, 0.29) is 24.2 Å². The van der Waals surface area contributed by atoms with Crippen molar-refractivity contribution >= 4 is 22.8 Å². The van der Waals surface area contributed by atoms with E-state index in [1.165, 1.54) is 17.1 Å². The molecule has 0 bridgehead atoms. The molecule has 0 aliphatic rings. The summed E-state index contributed by atoms with van der Waals surface area (Å²) in [6.07, 6.45) is 2.58. The van der Waals surface area contributed by atoms with Gasteiger partial charge in [0.2, 0.25) is 5.91 Å². The van der Waals surface area contributed by atoms with Crippen molar-refractivity contribution in [3.63, 3.8) is 0 Å². The number of furan rings is 1. The molecular weight excluding hydrogens is 322 g/mol. The number of fused-ring (bicyclic) bond motifs is 1. The summed E-state index contributed by atoms with van der Waals surface area (Å²) in [6.45, 7) is 4.17. The Morgan fingerprint density at radius 3 is 2.80 bits per heavy atom. The number of aromatic nitrogens is 2. The van der Waals surface area contributed by atoms with E-state index < -0.39 is 5.97 Å². The predicted molar refractivity (Wildman–Crippen MR) is 91.2 cm³/mol. The number of rotatable bonds is 6. The van der Waals surface area contributed by atoms with Gasteiger partial charge in [-0.05, 0) is 26.0 Å². The van der Waals surface area contributed by atoms with E-state index in [2.05, 4.69) is 4.98 Å². The predicted octanol–water partition coefficient (Wildman–Crippen LogP) is 2.94. The molecule has 7 nitrogen and oxygen atoms in total. The zero-order valence-electron chi connectivity index (χ0n) is 14.0. The van der Waals surface area contributed by atoms with Crippen molar-refractivity contribution in [2.75, 3.05) is 6.54 Å². The van der Waals surface area contributed by atoms with Gasteiger partial charge in [0.15, 0.2) is 0 Å². The molecule has 1 N–H and O–H groups in total. The van der Waals surface area contributed by atoms with Crippen LogP contribution in [0.1, 0.15) is 36.1 Å². The molecule has 3 aromatic rings. The van der Waals surface area contributed by atoms with Gasteiger partial charge in [-0.1, -0.05) is 18.2 Å². The molecular formula is C18H19N3O4. The number of aromatic carboxylic acids is 1. The zero-order chi connectivity index (χ0) is 18.0. The Morgan fingerprint density at radius 1 is 1.36 bits per heavy atom. The summed E-state index contributed by atoms with van der Waals surface area (Å²) in [5.41, 5.74) is 0.761. The number of carbonyl (C=O) groups excluding carboxylic acids is 1. The van der Waals surface area contributed by atoms with Crippen LogP contribution in [0.15, 0.2) is 47.3 Å². The highest BCUT2D eigenvalue weighted by Gasteiger charge is 2.24. The Morgan fingerprint density at radius 2 is 2.12 bits per heavy atom. The summed E-state index contributed by atoms with van der Waals surface area (Å²) in [6, 6.07) is 9.33. The van der Waals surface area contributed by atoms with E-state index in [9.17, 15) is 9.59 Å². The third-order valence-electron chi connectivity index (χ3n) is 4.22. The molecule has 1 atom stereocenters. The summed E-state index contributed by atoms with van der Waals surface area (Å²) < 4.78 is 7.18. The van der Waals surface area contributed by atoms with Gasteiger partial charge in [0.05, 0.1) is 18.6 Å². The van der Waals surface area contributed by atoms with Gasteiger partial charge in [0, 0.05) is 11.9 Å². The van der Waals surface area contributed by atoms with Gasteiger partial charge >= 0.3 is 5.97 Å². The number of carboxylic acid groups (broad SMARTS) is 1. The average molecular weight is 341 g/mol. The minimum absolute atomic E-state index is 0.0132. The lowest BCUT2D eigenvalue weighted by atomic mass is 10.2. The number of likely N-dealkylation sites (N-methyl/N-ethyl adjacent to an activating group) is 1. The van der Waals surface area contributed by atoms with Crippen molar-refractivity contribution in [3.8, 4) is 0 Å². The van der Waals surface area contributed by atoms with E-state index in [0.29, 0.717) is 12.3 Å². The van der Waals surface area contributed by atoms with Crippen molar-refractivity contribution in [2.45, 2.75) is 26.4 Å². The smallest absolute Gasteiger partial charge is 0.354 e. The molecule has 0 spiro atoms. The average Bonchev–Trinajstić information content (AvgIpc) is 3.21. The molecule has 0 fully saturated rings. The number of hydrogen-bond acceptors (Lipinski definition) is 4. The van der Waals surface area contributed by atoms with Crippen LogP contribution in [0.25, 0.3) is 11.0 Å². The Bertz CT molecular complexity index is 879. The third-order valence-corrected chi connectivity index (χ3v) is 4.22. The highest BCUT2D eigenvalue weighted by molar-refractivity contribution is 5.86. The maximum Gasteiger partial charge on any atom is 0.354 e. The number of amides is 1. The van der Waals surface area contributed by atoms with Crippen LogP contribution < -0.4 is 0 Å². The minimum Gasteiger partial charge on any atom is -0.477 e. The molecule has 1 aromatic carbocycles. The lowest BCUT2D eigenvalue weighted by molar-refractivity contribution is -0.134. The fourth-order valence-corrected chi connectivity index (χ4v) is 2.89. The maximum atomic E-state index is 12.7. The Hall–Kier alpha value is -3.09. The first-order valence-electron chi connectivity index (χ1n) is 8.02. The standard InChI is InChI=1S/C18H19N3O4/c1-3-21(17(22)10-20-11-19-9-14(20)18(23)24)12(2)16-8-13-6-4-5-7-15(13)25-16/h4-9,11-12H,3,10H2,1-2H3,(H,23,24). The molecule has 3 rings (SSSR count). The number of nitrogens with zero attached hydrogens (tertiary/aromatic N) is 3. The van der Waals surface area contributed by atoms with Crippen LogP contribution >= 0.6 is 0 Å². The maximum absolute atomic E-state index is 12.7. The van der Waals surface area contributed by atoms with E-state index in [4.69, 9.17) is 9.52 Å². The number of benzene rings is 1. The van der Waals surface area contributed by atoms with Gasteiger partial charge in [-0.3, -0.25) is 4.79 Å². The van der Waals surface area contributed by atoms with E-state index in [1.807, 2.05) is 44.2 Å². The largest absolute Gasteiger partial charge is 0.477 e. The summed E-state index contributed by atoms with van der Waals surface area (Å²) in [5.74, 6) is -0.616. The molecule has 0 saturated heterocycles. The number of carboxylic acids is 1. The summed E-state index contributed by atoms with van der Waals surface area (Å²) in [7, 11) is 0. The van der Waals surface area contributed by atoms with Gasteiger partial charge in [-0.25, -0.2) is 9.78 Å². The number of imidazole rings is 1. The normalized spacial score (nSPS) is 12.2. The molecule has 130 valence electrons. The van der Waals surface area contributed by atoms with Gasteiger partial charge in [0.1, 0.15) is 23.6 Å². The van der Waals surface area contributed by atoms with E-state index >= 15 is 0 Å². The lowest BCUT2D eigenvalue weighted by Gasteiger charge is -2.27. The molecule has 2 heterocycles. The monoisotopic (exact) mass is 341 g/mol. The minimum atomic E-state index is -1.11. The first-order chi connectivity index (χ1) is 12.0. The number of carbonyl (C=O) groups is 2. The Balaban J connectivity index is 1.81. The second-order valence-corrected chi connectivity index (χ2v) is 5.75. The van der Waals surface area contributed by atoms with Crippen LogP contribution in [0.4, 0.5) is 0 Å². The first-order valence-corrected chi connectivity index (χ1v) is 8.02. The fourth-order valence-electron chi connectivity index (χ4n) is 2.89. The van der Waals surface area contributed by atoms with Crippen molar-refractivity contribution in [1.82, 2.24) is 14.5 Å². The zero-order valence-corrected chi connectivity index (χ0v) is 14.0. The van der Waals surface area contributed by atoms with Crippen LogP contribution in [-0.2, 0) is 11.3 Å². The van der Waals surface area contributed by atoms with Crippen molar-refractivity contribution in [3.05, 3.63) is 54.3 Å². The highest BCUT2D eigenvalue weighted by atomic mass is 16.4. The SMILES string of the molecule is CCN(C(=O)Cn1cncc1C(=O)O)C(C)c1cc2ccccc2o1. The van der Waals surface area contributed by atoms with Crippen molar-refractivity contribution in [1.29, 1.82) is 0 Å². The molecule has 1 unspecified atom stereocenters. The molecule has 0 saturated carbocycles. The quantitative estimate of drug-likeness (QED) is 0.744. The van der Waals surface area contributed by atoms with E-state index in [1.54, 1.807) is 4.90 Å². The lowest BCUT2D eigenvalue weighted by Crippen LogP contribution is -2.36. The molecule has 0 aliphatic carbocycles. The van der Waals surface area contributed by atoms with Crippen LogP contribution in [0.2, 0.25) is 0 Å². The van der Waals surface area contributed by atoms with Gasteiger partial charge in [0.25, 0.3) is 0 Å². The Kier molecular flexibility index (Phi) is 4.56. The molecule has 2 aromatic heterocycles. The second kappa shape index (κ2) is 6.80. The molecule has 1 amide bonds. The summed E-state index contributed by atoms with van der Waals surface area (Å²) in [5, 5.41) is 10.1. The van der Waals surface area contributed by atoms with Crippen LogP contribution in [0.3, 0.4) is 0 Å². The Labute approximate surface area is 144 Å². The van der Waals surface area contributed by atoms with Crippen molar-refractivity contribution < 1.29 is 19.1 Å². The van der Waals surface area contributed by atoms with Gasteiger partial charge in [-0.2, -0.15) is 0 Å². The van der Waals surface area contributed by atoms with Crippen LogP contribution in [-0.4, -0.2) is 38.0 Å². The first kappa shape index (κ1) is 16.8. The van der Waals surface area contributed by atoms with Crippen molar-refractivity contribution in [2.24, 2.45) is 0 Å². The molecule has 0 aliphatic heterocycles. The third kappa shape index (κ3) is 3.26. The van der Waals surface area contributed by atoms with Crippen LogP contribution in [0.5, 0.6) is 0 Å². The highest BCUT2D eigenvalue weighted by Crippen LogP contribution is 2.27. The number of para-hydroxylation sites is 1. The fraction of sp³-hybridized carbons (Fsp3) is 0.278. The van der Waals surface area contributed by atoms with Gasteiger partial charge in [-0.15, -0.1) is 0 Å². The topological polar surface area (TPSA) is 88.6 Å². The van der Waals surface area contributed by atoms with E-state index in [0.717, 1.165) is 11.0 Å². The van der Waals surface area contributed by atoms with Crippen LogP contribution in [0, 0.1) is 0 Å². The van der Waals surface area contributed by atoms with Gasteiger partial charge < -0.3 is 19.0 Å². The second-order valence-electron chi connectivity index (χ2n) is 5.75. The molecule has 25 heavy (non-hydrogen) atoms. The summed E-state index contributed by atoms with van der Waals surface area (Å²) in [4.78, 5) is 29.3. The number of hydrogen-bond donors (Lipinski definition) is 1. The molecule has 7 heteroatoms. The molecule has 0 radical (unpaired) electrons.